The van der Waals surface area contributed by atoms with Crippen LogP contribution in [0.25, 0.3) is 0 Å². The number of carbonyl (C=O) groups excluding carboxylic acids is 2. The molecule has 0 N–H and O–H groups in total. The monoisotopic (exact) mass is 358 g/mol. The Kier molecular flexibility index (Phi) is 5.30. The van der Waals surface area contributed by atoms with E-state index in [2.05, 4.69) is 4.98 Å². The minimum Gasteiger partial charge on any atom is -0.443 e. The third kappa shape index (κ3) is 5.03. The SMILES string of the molecule is CC(C)(C)OC(=O)N(C(=O)C(F)(F)F)c1cc(Cl)nc(Cl)c1. The van der Waals surface area contributed by atoms with Crippen LogP contribution < -0.4 is 4.90 Å². The van der Waals surface area contributed by atoms with E-state index in [-0.39, 0.29) is 15.2 Å². The highest BCUT2D eigenvalue weighted by atomic mass is 35.5. The normalized spacial score (nSPS) is 12.0. The van der Waals surface area contributed by atoms with Crippen molar-refractivity contribution in [2.75, 3.05) is 4.90 Å². The van der Waals surface area contributed by atoms with Gasteiger partial charge in [-0.15, -0.1) is 0 Å². The number of rotatable bonds is 1. The maximum absolute atomic E-state index is 12.7. The van der Waals surface area contributed by atoms with Crippen molar-refractivity contribution in [1.29, 1.82) is 0 Å². The second-order valence-corrected chi connectivity index (χ2v) is 5.86. The fourth-order valence-corrected chi connectivity index (χ4v) is 1.77. The Balaban J connectivity index is 3.34. The van der Waals surface area contributed by atoms with Crippen LogP contribution in [-0.2, 0) is 9.53 Å². The van der Waals surface area contributed by atoms with Gasteiger partial charge in [0.15, 0.2) is 0 Å². The predicted molar refractivity (Wildman–Crippen MR) is 74.0 cm³/mol. The van der Waals surface area contributed by atoms with Gasteiger partial charge in [-0.2, -0.15) is 13.2 Å². The maximum atomic E-state index is 12.7. The minimum absolute atomic E-state index is 0.190. The molecule has 10 heteroatoms. The average molecular weight is 359 g/mol. The van der Waals surface area contributed by atoms with Gasteiger partial charge in [0.1, 0.15) is 15.9 Å². The number of ether oxygens (including phenoxy) is 1. The van der Waals surface area contributed by atoms with Gasteiger partial charge in [-0.05, 0) is 32.9 Å². The van der Waals surface area contributed by atoms with Crippen LogP contribution in [0.3, 0.4) is 0 Å². The Morgan fingerprint density at radius 3 is 1.95 bits per heavy atom. The van der Waals surface area contributed by atoms with Gasteiger partial charge in [0.2, 0.25) is 0 Å². The molecule has 0 spiro atoms. The number of hydrogen-bond acceptors (Lipinski definition) is 4. The number of amides is 2. The minimum atomic E-state index is -5.29. The molecule has 22 heavy (non-hydrogen) atoms. The third-order valence-electron chi connectivity index (χ3n) is 2.03. The summed E-state index contributed by atoms with van der Waals surface area (Å²) in [5.74, 6) is -2.43. The fourth-order valence-electron chi connectivity index (χ4n) is 1.32. The summed E-state index contributed by atoms with van der Waals surface area (Å²) in [6.07, 6.45) is -6.80. The van der Waals surface area contributed by atoms with Crippen LogP contribution >= 0.6 is 23.2 Å². The lowest BCUT2D eigenvalue weighted by atomic mass is 10.2. The predicted octanol–water partition coefficient (Wildman–Crippen LogP) is 4.22. The molecule has 0 saturated heterocycles. The molecule has 1 rings (SSSR count). The Morgan fingerprint density at radius 2 is 1.59 bits per heavy atom. The Bertz CT molecular complexity index is 580. The third-order valence-corrected chi connectivity index (χ3v) is 2.41. The summed E-state index contributed by atoms with van der Waals surface area (Å²) in [7, 11) is 0. The van der Waals surface area contributed by atoms with E-state index in [1.54, 1.807) is 0 Å². The molecule has 2 amide bonds. The first-order chi connectivity index (χ1) is 9.81. The lowest BCUT2D eigenvalue weighted by molar-refractivity contribution is -0.170. The number of carbonyl (C=O) groups is 2. The molecule has 122 valence electrons. The van der Waals surface area contributed by atoms with Crippen molar-refractivity contribution in [3.05, 3.63) is 22.4 Å². The van der Waals surface area contributed by atoms with Gasteiger partial charge in [-0.25, -0.2) is 14.7 Å². The van der Waals surface area contributed by atoms with Gasteiger partial charge >= 0.3 is 18.2 Å². The Hall–Kier alpha value is -1.54. The zero-order chi connectivity index (χ0) is 17.3. The summed E-state index contributed by atoms with van der Waals surface area (Å²) in [6.45, 7) is 4.31. The number of pyridine rings is 1. The second kappa shape index (κ2) is 6.29. The molecule has 0 fully saturated rings. The molecule has 0 aromatic carbocycles. The standard InChI is InChI=1S/C12H11Cl2F3N2O3/c1-11(2,3)22-10(21)19(9(20)12(15,16)17)6-4-7(13)18-8(14)5-6/h4-5H,1-3H3. The van der Waals surface area contributed by atoms with Gasteiger partial charge in [-0.3, -0.25) is 4.79 Å². The van der Waals surface area contributed by atoms with Gasteiger partial charge in [0, 0.05) is 0 Å². The first-order valence-corrected chi connectivity index (χ1v) is 6.54. The van der Waals surface area contributed by atoms with Crippen LogP contribution in [0.1, 0.15) is 20.8 Å². The van der Waals surface area contributed by atoms with Crippen molar-refractivity contribution in [1.82, 2.24) is 4.98 Å². The number of halogens is 5. The molecule has 0 radical (unpaired) electrons. The molecule has 0 saturated carbocycles. The topological polar surface area (TPSA) is 59.5 Å². The van der Waals surface area contributed by atoms with Crippen molar-refractivity contribution < 1.29 is 27.5 Å². The van der Waals surface area contributed by atoms with Crippen LogP contribution in [0.5, 0.6) is 0 Å². The molecule has 0 unspecified atom stereocenters. The summed E-state index contributed by atoms with van der Waals surface area (Å²) in [6, 6.07) is 1.78. The highest BCUT2D eigenvalue weighted by Crippen LogP contribution is 2.28. The van der Waals surface area contributed by atoms with Crippen molar-refractivity contribution in [2.24, 2.45) is 0 Å². The molecule has 0 bridgehead atoms. The van der Waals surface area contributed by atoms with Crippen molar-refractivity contribution >= 4 is 40.9 Å². The first-order valence-electron chi connectivity index (χ1n) is 5.78. The quantitative estimate of drug-likeness (QED) is 0.705. The summed E-state index contributed by atoms with van der Waals surface area (Å²) in [5.41, 5.74) is -1.61. The fraction of sp³-hybridized carbons (Fsp3) is 0.417. The largest absolute Gasteiger partial charge is 0.472 e. The van der Waals surface area contributed by atoms with E-state index in [9.17, 15) is 22.8 Å². The molecular weight excluding hydrogens is 348 g/mol. The van der Waals surface area contributed by atoms with Crippen LogP contribution in [0.15, 0.2) is 12.1 Å². The summed E-state index contributed by atoms with van der Waals surface area (Å²) >= 11 is 11.2. The summed E-state index contributed by atoms with van der Waals surface area (Å²) in [4.78, 5) is 26.8. The van der Waals surface area contributed by atoms with Crippen LogP contribution in [0.2, 0.25) is 10.3 Å². The lowest BCUT2D eigenvalue weighted by Crippen LogP contribution is -2.47. The van der Waals surface area contributed by atoms with E-state index < -0.39 is 29.5 Å². The van der Waals surface area contributed by atoms with E-state index in [0.717, 1.165) is 12.1 Å². The zero-order valence-electron chi connectivity index (χ0n) is 11.7. The molecule has 0 atom stereocenters. The van der Waals surface area contributed by atoms with Gasteiger partial charge in [-0.1, -0.05) is 23.2 Å². The van der Waals surface area contributed by atoms with E-state index in [0.29, 0.717) is 0 Å². The van der Waals surface area contributed by atoms with Crippen LogP contribution in [0, 0.1) is 0 Å². The lowest BCUT2D eigenvalue weighted by Gasteiger charge is -2.26. The highest BCUT2D eigenvalue weighted by molar-refractivity contribution is 6.33. The van der Waals surface area contributed by atoms with E-state index in [1.807, 2.05) is 0 Å². The van der Waals surface area contributed by atoms with Crippen molar-refractivity contribution in [3.8, 4) is 0 Å². The molecule has 0 aliphatic heterocycles. The van der Waals surface area contributed by atoms with Gasteiger partial charge in [0.05, 0.1) is 5.69 Å². The first kappa shape index (κ1) is 18.5. The number of anilines is 1. The van der Waals surface area contributed by atoms with Crippen LogP contribution in [-0.4, -0.2) is 28.8 Å². The average Bonchev–Trinajstić information content (AvgIpc) is 2.23. The second-order valence-electron chi connectivity index (χ2n) is 5.09. The Morgan fingerprint density at radius 1 is 1.14 bits per heavy atom. The van der Waals surface area contributed by atoms with E-state index >= 15 is 0 Å². The van der Waals surface area contributed by atoms with E-state index in [1.165, 1.54) is 20.8 Å². The molecule has 1 aromatic rings. The van der Waals surface area contributed by atoms with Crippen molar-refractivity contribution in [2.45, 2.75) is 32.5 Å². The molecule has 1 aromatic heterocycles. The zero-order valence-corrected chi connectivity index (χ0v) is 13.2. The molecule has 5 nitrogen and oxygen atoms in total. The molecule has 0 aliphatic rings. The van der Waals surface area contributed by atoms with E-state index in [4.69, 9.17) is 27.9 Å². The number of hydrogen-bond donors (Lipinski definition) is 0. The maximum Gasteiger partial charge on any atom is 0.472 e. The van der Waals surface area contributed by atoms with Crippen LogP contribution in [0.4, 0.5) is 23.7 Å². The van der Waals surface area contributed by atoms with Gasteiger partial charge < -0.3 is 4.74 Å². The molecule has 0 aliphatic carbocycles. The summed E-state index contributed by atoms with van der Waals surface area (Å²) in [5, 5.41) is -0.572. The smallest absolute Gasteiger partial charge is 0.443 e. The number of alkyl halides is 3. The summed E-state index contributed by atoms with van der Waals surface area (Å²) < 4.78 is 42.9. The van der Waals surface area contributed by atoms with Crippen molar-refractivity contribution in [3.63, 3.8) is 0 Å². The number of aromatic nitrogens is 1. The molecule has 1 heterocycles. The number of imide groups is 1. The van der Waals surface area contributed by atoms with Gasteiger partial charge in [0.25, 0.3) is 0 Å². The highest BCUT2D eigenvalue weighted by Gasteiger charge is 2.47. The molecular formula is C12H11Cl2F3N2O3. The Labute approximate surface area is 134 Å². The number of nitrogens with zero attached hydrogens (tertiary/aromatic N) is 2.